The fourth-order valence-electron chi connectivity index (χ4n) is 10.3. The van der Waals surface area contributed by atoms with E-state index in [4.69, 9.17) is 27.9 Å². The molecule has 19 heteroatoms. The molecule has 5 aromatic rings. The number of amides is 2. The Balaban J connectivity index is 0.000000208. The predicted molar refractivity (Wildman–Crippen MR) is 262 cm³/mol. The fourth-order valence-corrected chi connectivity index (χ4v) is 10.7. The Morgan fingerprint density at radius 3 is 1.59 bits per heavy atom. The second kappa shape index (κ2) is 20.9. The summed E-state index contributed by atoms with van der Waals surface area (Å²) in [5.41, 5.74) is -1.79. The number of aliphatic hydroxyl groups is 2. The van der Waals surface area contributed by atoms with E-state index in [0.29, 0.717) is 38.8 Å². The van der Waals surface area contributed by atoms with Gasteiger partial charge in [-0.15, -0.1) is 17.0 Å². The van der Waals surface area contributed by atoms with Crippen LogP contribution in [0, 0.1) is 23.5 Å². The zero-order valence-corrected chi connectivity index (χ0v) is 41.5. The van der Waals surface area contributed by atoms with Crippen LogP contribution < -0.4 is 15.6 Å². The summed E-state index contributed by atoms with van der Waals surface area (Å²) in [4.78, 5) is 81.6. The van der Waals surface area contributed by atoms with Gasteiger partial charge in [-0.2, -0.15) is 0 Å². The molecule has 4 aliphatic rings. The molecule has 3 aromatic carbocycles. The smallest absolute Gasteiger partial charge is 0.274 e. The summed E-state index contributed by atoms with van der Waals surface area (Å²) >= 11 is 11.7. The van der Waals surface area contributed by atoms with Crippen molar-refractivity contribution in [2.45, 2.75) is 69.1 Å². The van der Waals surface area contributed by atoms with Crippen LogP contribution in [0.5, 0.6) is 11.5 Å². The SMILES string of the molecule is Br.CN1CC2(CC(CO)C2)n2cc(C(=O)CCc3cccc(Cl)c3F)c(=O)c(O)c2C1=O.CN1CC2(CC(CO)C2)n2cc(C(=O)CCc3cccc(Cl)c3F)c(=O)c(OCc3ccccc3)c2C1=O. The average Bonchev–Trinajstić information content (AvgIpc) is 3.31. The van der Waals surface area contributed by atoms with Crippen LogP contribution in [-0.2, 0) is 30.5 Å². The van der Waals surface area contributed by atoms with Crippen molar-refractivity contribution in [2.75, 3.05) is 40.4 Å². The lowest BCUT2D eigenvalue weighted by Gasteiger charge is -2.53. The number of pyridine rings is 2. The summed E-state index contributed by atoms with van der Waals surface area (Å²) in [7, 11) is 3.26. The first kappa shape index (κ1) is 52.1. The van der Waals surface area contributed by atoms with Gasteiger partial charge in [0.05, 0.1) is 32.3 Å². The van der Waals surface area contributed by atoms with Crippen LogP contribution in [-0.4, -0.2) is 98.0 Å². The van der Waals surface area contributed by atoms with Crippen LogP contribution in [0.4, 0.5) is 8.78 Å². The highest BCUT2D eigenvalue weighted by atomic mass is 79.9. The maximum atomic E-state index is 14.4. The molecule has 370 valence electrons. The lowest BCUT2D eigenvalue weighted by atomic mass is 9.67. The van der Waals surface area contributed by atoms with Crippen LogP contribution in [0.25, 0.3) is 0 Å². The number of ether oxygens (including phenoxy) is 1. The molecule has 2 aromatic heterocycles. The molecule has 0 unspecified atom stereocenters. The van der Waals surface area contributed by atoms with Crippen LogP contribution in [0.15, 0.2) is 88.7 Å². The molecule has 4 heterocycles. The molecule has 14 nitrogen and oxygen atoms in total. The number of aromatic nitrogens is 2. The van der Waals surface area contributed by atoms with E-state index in [1.807, 2.05) is 30.3 Å². The minimum atomic E-state index is -0.917. The van der Waals surface area contributed by atoms with Crippen molar-refractivity contribution >= 4 is 63.6 Å². The van der Waals surface area contributed by atoms with Crippen molar-refractivity contribution in [3.63, 3.8) is 0 Å². The van der Waals surface area contributed by atoms with E-state index in [1.165, 1.54) is 40.1 Å². The van der Waals surface area contributed by atoms with Gasteiger partial charge in [-0.1, -0.05) is 77.8 Å². The molecule has 0 radical (unpaired) electrons. The van der Waals surface area contributed by atoms with E-state index >= 15 is 0 Å². The van der Waals surface area contributed by atoms with Gasteiger partial charge in [0.15, 0.2) is 34.5 Å². The largest absolute Gasteiger partial charge is 0.503 e. The molecular formula is C51H51BrCl2F2N4O10. The van der Waals surface area contributed by atoms with Gasteiger partial charge >= 0.3 is 0 Å². The number of aromatic hydroxyl groups is 1. The maximum absolute atomic E-state index is 14.4. The van der Waals surface area contributed by atoms with E-state index in [1.54, 1.807) is 41.8 Å². The summed E-state index contributed by atoms with van der Waals surface area (Å²) in [5, 5.41) is 29.6. The Labute approximate surface area is 421 Å². The van der Waals surface area contributed by atoms with Gasteiger partial charge in [-0.3, -0.25) is 28.8 Å². The van der Waals surface area contributed by atoms with Gasteiger partial charge in [0, 0.05) is 65.6 Å². The Morgan fingerprint density at radius 2 is 1.11 bits per heavy atom. The van der Waals surface area contributed by atoms with Gasteiger partial charge in [0.1, 0.15) is 18.2 Å². The van der Waals surface area contributed by atoms with Gasteiger partial charge < -0.3 is 39.0 Å². The van der Waals surface area contributed by atoms with Crippen molar-refractivity contribution in [2.24, 2.45) is 11.8 Å². The highest BCUT2D eigenvalue weighted by Gasteiger charge is 2.53. The number of aryl methyl sites for hydroxylation is 2. The van der Waals surface area contributed by atoms with E-state index < -0.39 is 56.8 Å². The van der Waals surface area contributed by atoms with E-state index in [-0.39, 0.29) is 130 Å². The quantitative estimate of drug-likeness (QED) is 0.102. The molecule has 0 bridgehead atoms. The summed E-state index contributed by atoms with van der Waals surface area (Å²) in [6, 6.07) is 18.3. The Kier molecular flexibility index (Phi) is 15.6. The van der Waals surface area contributed by atoms with Crippen molar-refractivity contribution in [3.05, 3.63) is 160 Å². The number of nitrogens with zero attached hydrogens (tertiary/aromatic N) is 4. The lowest BCUT2D eigenvalue weighted by Crippen LogP contribution is -2.60. The zero-order chi connectivity index (χ0) is 49.5. The number of hydrogen-bond donors (Lipinski definition) is 3. The summed E-state index contributed by atoms with van der Waals surface area (Å²) < 4.78 is 37.7. The van der Waals surface area contributed by atoms with Gasteiger partial charge in [-0.05, 0) is 79.2 Å². The molecule has 2 spiro atoms. The third-order valence-electron chi connectivity index (χ3n) is 13.9. The van der Waals surface area contributed by atoms with Gasteiger partial charge in [-0.25, -0.2) is 8.78 Å². The van der Waals surface area contributed by atoms with Crippen LogP contribution >= 0.6 is 40.2 Å². The minimum absolute atomic E-state index is 0. The Bertz CT molecular complexity index is 2990. The number of halogens is 5. The molecule has 0 saturated heterocycles. The van der Waals surface area contributed by atoms with Crippen molar-refractivity contribution in [3.8, 4) is 11.5 Å². The molecule has 2 aliphatic heterocycles. The number of fused-ring (bicyclic) bond motifs is 4. The maximum Gasteiger partial charge on any atom is 0.274 e. The monoisotopic (exact) mass is 1070 g/mol. The number of aliphatic hydroxyl groups excluding tert-OH is 2. The third kappa shape index (κ3) is 9.70. The van der Waals surface area contributed by atoms with Crippen LogP contribution in [0.2, 0.25) is 10.0 Å². The Morgan fingerprint density at radius 1 is 0.671 bits per heavy atom. The van der Waals surface area contributed by atoms with E-state index in [0.717, 1.165) is 5.56 Å². The van der Waals surface area contributed by atoms with Crippen molar-refractivity contribution in [1.82, 2.24) is 18.9 Å². The summed E-state index contributed by atoms with van der Waals surface area (Å²) in [6.45, 7) is 0.787. The summed E-state index contributed by atoms with van der Waals surface area (Å²) in [5.74, 6) is -3.95. The number of benzene rings is 3. The third-order valence-corrected chi connectivity index (χ3v) is 14.4. The van der Waals surface area contributed by atoms with Gasteiger partial charge in [0.2, 0.25) is 10.9 Å². The minimum Gasteiger partial charge on any atom is -0.503 e. The van der Waals surface area contributed by atoms with Crippen molar-refractivity contribution < 1.29 is 48.0 Å². The number of hydrogen-bond acceptors (Lipinski definition) is 10. The number of carbonyl (C=O) groups excluding carboxylic acids is 4. The number of Topliss-reactive ketones (excluding diaryl/α,β-unsaturated/α-hetero) is 2. The molecular weight excluding hydrogens is 1020 g/mol. The first-order chi connectivity index (χ1) is 32.9. The standard InChI is InChI=1S/C29H28ClFN2O5.C22H22ClFN2O5.BrH/c1-32-17-29(12-19(13-29)15-34)33-14-21(23(35)11-10-20-8-5-9-22(30)24(20)31)26(36)27(25(33)28(32)37)38-16-18-6-3-2-4-7-18;1-25-11-22(7-12(8-22)10-27)26-9-14(19(29)20(30)18(26)21(25)31)16(28)6-5-13-3-2-4-15(23)17(13)24;/h2-9,14,19,34H,10-13,15-17H2,1H3;2-4,9,12,27,30H,5-8,10-11H2,1H3;1H. The van der Waals surface area contributed by atoms with E-state index in [2.05, 4.69) is 0 Å². The predicted octanol–water partition coefficient (Wildman–Crippen LogP) is 7.14. The van der Waals surface area contributed by atoms with Crippen molar-refractivity contribution in [1.29, 1.82) is 0 Å². The average molecular weight is 1070 g/mol. The normalized spacial score (nSPS) is 20.9. The van der Waals surface area contributed by atoms with Crippen LogP contribution in [0.3, 0.4) is 0 Å². The fraction of sp³-hybridized carbons (Fsp3) is 0.373. The topological polar surface area (TPSA) is 189 Å². The number of rotatable bonds is 13. The molecule has 70 heavy (non-hydrogen) atoms. The highest BCUT2D eigenvalue weighted by molar-refractivity contribution is 8.93. The second-order valence-electron chi connectivity index (χ2n) is 18.6. The molecule has 2 saturated carbocycles. The molecule has 9 rings (SSSR count). The molecule has 3 N–H and O–H groups in total. The first-order valence-electron chi connectivity index (χ1n) is 22.5. The van der Waals surface area contributed by atoms with E-state index in [9.17, 15) is 52.9 Å². The number of ketones is 2. The molecule has 2 fully saturated rings. The second-order valence-corrected chi connectivity index (χ2v) is 19.4. The van der Waals surface area contributed by atoms with Crippen LogP contribution in [0.1, 0.15) is 96.9 Å². The first-order valence-corrected chi connectivity index (χ1v) is 23.3. The highest BCUT2D eigenvalue weighted by Crippen LogP contribution is 2.49. The Hall–Kier alpha value is -5.72. The lowest BCUT2D eigenvalue weighted by molar-refractivity contribution is -0.0105. The van der Waals surface area contributed by atoms with Gasteiger partial charge in [0.25, 0.3) is 11.8 Å². The zero-order valence-electron chi connectivity index (χ0n) is 38.3. The number of likely N-dealkylation sites (N-methyl/N-ethyl adjacent to an activating group) is 2. The molecule has 2 amide bonds. The molecule has 2 aliphatic carbocycles. The molecule has 0 atom stereocenters. The summed E-state index contributed by atoms with van der Waals surface area (Å²) in [6.07, 6.45) is 4.91. The number of carbonyl (C=O) groups is 4.